The zero-order valence-electron chi connectivity index (χ0n) is 14.7. The lowest BCUT2D eigenvalue weighted by Gasteiger charge is -2.29. The van der Waals surface area contributed by atoms with E-state index in [2.05, 4.69) is 9.71 Å². The summed E-state index contributed by atoms with van der Waals surface area (Å²) >= 11 is 13.7. The molecule has 1 amide bonds. The van der Waals surface area contributed by atoms with Gasteiger partial charge in [-0.3, -0.25) is 4.79 Å². The molecule has 3 aromatic rings. The van der Waals surface area contributed by atoms with Crippen LogP contribution in [-0.4, -0.2) is 28.5 Å². The maximum Gasteiger partial charge on any atom is 0.471 e. The average molecular weight is 460 g/mol. The van der Waals surface area contributed by atoms with Crippen LogP contribution in [-0.2, 0) is 17.8 Å². The summed E-state index contributed by atoms with van der Waals surface area (Å²) in [5.74, 6) is -1.80. The van der Waals surface area contributed by atoms with Gasteiger partial charge < -0.3 is 14.6 Å². The normalized spacial score (nSPS) is 14.2. The summed E-state index contributed by atoms with van der Waals surface area (Å²) in [7, 11) is 0. The zero-order valence-corrected chi connectivity index (χ0v) is 17.1. The van der Waals surface area contributed by atoms with Crippen LogP contribution in [0.3, 0.4) is 0 Å². The van der Waals surface area contributed by atoms with Crippen molar-refractivity contribution in [1.82, 2.24) is 9.88 Å². The lowest BCUT2D eigenvalue weighted by molar-refractivity contribution is -0.186. The number of halogens is 5. The smallest absolute Gasteiger partial charge is 0.358 e. The SMILES string of the molecule is O=C(N1CCc2ccc(SNc3ccc(Cl)c4c(Cl)c[nH]c34)cc2C1)C(F)(F)F. The van der Waals surface area contributed by atoms with E-state index in [1.54, 1.807) is 18.3 Å². The molecule has 0 fully saturated rings. The molecular weight excluding hydrogens is 446 g/mol. The number of rotatable bonds is 3. The molecule has 0 saturated carbocycles. The van der Waals surface area contributed by atoms with Crippen molar-refractivity contribution in [3.05, 3.63) is 57.7 Å². The van der Waals surface area contributed by atoms with Gasteiger partial charge in [-0.1, -0.05) is 29.3 Å². The molecule has 0 bridgehead atoms. The third-order valence-electron chi connectivity index (χ3n) is 4.74. The first kappa shape index (κ1) is 20.3. The lowest BCUT2D eigenvalue weighted by atomic mass is 10.00. The number of fused-ring (bicyclic) bond motifs is 2. The minimum atomic E-state index is -4.86. The highest BCUT2D eigenvalue weighted by atomic mass is 35.5. The molecular formula is C19H14Cl2F3N3OS. The predicted octanol–water partition coefficient (Wildman–Crippen LogP) is 6.04. The van der Waals surface area contributed by atoms with Crippen LogP contribution in [0, 0.1) is 0 Å². The average Bonchev–Trinajstić information content (AvgIpc) is 3.08. The van der Waals surface area contributed by atoms with Crippen LogP contribution in [0.5, 0.6) is 0 Å². The monoisotopic (exact) mass is 459 g/mol. The third kappa shape index (κ3) is 4.01. The number of amides is 1. The van der Waals surface area contributed by atoms with Gasteiger partial charge in [0.15, 0.2) is 0 Å². The highest BCUT2D eigenvalue weighted by molar-refractivity contribution is 8.00. The number of aromatic amines is 1. The molecule has 2 N–H and O–H groups in total. The first-order chi connectivity index (χ1) is 13.7. The van der Waals surface area contributed by atoms with E-state index in [9.17, 15) is 18.0 Å². The van der Waals surface area contributed by atoms with Crippen LogP contribution in [0.2, 0.25) is 10.0 Å². The number of benzene rings is 2. The standard InChI is InChI=1S/C19H14Cl2F3N3OS/c20-13-3-4-15(17-16(13)14(21)8-25-17)26-29-12-2-1-10-5-6-27(9-11(10)7-12)18(28)19(22,23)24/h1-4,7-8,25-26H,5-6,9H2. The van der Waals surface area contributed by atoms with Crippen molar-refractivity contribution in [3.63, 3.8) is 0 Å². The molecule has 0 aliphatic carbocycles. The van der Waals surface area contributed by atoms with Gasteiger partial charge in [-0.05, 0) is 53.8 Å². The molecule has 29 heavy (non-hydrogen) atoms. The van der Waals surface area contributed by atoms with Gasteiger partial charge >= 0.3 is 12.1 Å². The van der Waals surface area contributed by atoms with Crippen molar-refractivity contribution >= 4 is 57.6 Å². The zero-order chi connectivity index (χ0) is 20.8. The molecule has 0 atom stereocenters. The molecule has 10 heteroatoms. The number of H-pyrrole nitrogens is 1. The number of carbonyl (C=O) groups excluding carboxylic acids is 1. The van der Waals surface area contributed by atoms with Gasteiger partial charge in [0.25, 0.3) is 0 Å². The molecule has 1 aromatic heterocycles. The highest BCUT2D eigenvalue weighted by Crippen LogP contribution is 2.36. The quantitative estimate of drug-likeness (QED) is 0.469. The first-order valence-electron chi connectivity index (χ1n) is 8.60. The molecule has 1 aliphatic heterocycles. The van der Waals surface area contributed by atoms with E-state index in [0.29, 0.717) is 27.4 Å². The summed E-state index contributed by atoms with van der Waals surface area (Å²) in [4.78, 5) is 16.3. The van der Waals surface area contributed by atoms with E-state index in [-0.39, 0.29) is 13.1 Å². The molecule has 0 unspecified atom stereocenters. The molecule has 2 heterocycles. The first-order valence-corrected chi connectivity index (χ1v) is 10.2. The predicted molar refractivity (Wildman–Crippen MR) is 109 cm³/mol. The molecule has 0 saturated heterocycles. The van der Waals surface area contributed by atoms with Gasteiger partial charge in [-0.25, -0.2) is 0 Å². The van der Waals surface area contributed by atoms with E-state index in [1.165, 1.54) is 11.9 Å². The van der Waals surface area contributed by atoms with Crippen molar-refractivity contribution in [2.24, 2.45) is 0 Å². The fraction of sp³-hybridized carbons (Fsp3) is 0.211. The number of nitrogens with zero attached hydrogens (tertiary/aromatic N) is 1. The summed E-state index contributed by atoms with van der Waals surface area (Å²) in [6.07, 6.45) is -2.81. The van der Waals surface area contributed by atoms with Gasteiger partial charge in [0.1, 0.15) is 0 Å². The lowest BCUT2D eigenvalue weighted by Crippen LogP contribution is -2.43. The minimum absolute atomic E-state index is 0.0560. The Kier molecular flexibility index (Phi) is 5.35. The molecule has 0 radical (unpaired) electrons. The third-order valence-corrected chi connectivity index (χ3v) is 6.16. The fourth-order valence-corrected chi connectivity index (χ4v) is 4.61. The number of hydrogen-bond acceptors (Lipinski definition) is 3. The molecule has 152 valence electrons. The van der Waals surface area contributed by atoms with Crippen LogP contribution in [0.1, 0.15) is 11.1 Å². The summed E-state index contributed by atoms with van der Waals surface area (Å²) in [6.45, 7) is 0.00588. The molecule has 1 aliphatic rings. The molecule has 4 rings (SSSR count). The van der Waals surface area contributed by atoms with E-state index in [4.69, 9.17) is 23.2 Å². The van der Waals surface area contributed by atoms with Gasteiger partial charge in [0.2, 0.25) is 0 Å². The van der Waals surface area contributed by atoms with Crippen LogP contribution in [0.15, 0.2) is 41.4 Å². The number of nitrogens with one attached hydrogen (secondary N) is 2. The second kappa shape index (κ2) is 7.66. The van der Waals surface area contributed by atoms with Gasteiger partial charge in [-0.15, -0.1) is 0 Å². The topological polar surface area (TPSA) is 48.1 Å². The minimum Gasteiger partial charge on any atom is -0.358 e. The number of aromatic nitrogens is 1. The van der Waals surface area contributed by atoms with E-state index in [1.807, 2.05) is 18.2 Å². The number of anilines is 1. The Balaban J connectivity index is 1.52. The van der Waals surface area contributed by atoms with Crippen LogP contribution < -0.4 is 4.72 Å². The van der Waals surface area contributed by atoms with Crippen molar-refractivity contribution in [3.8, 4) is 0 Å². The molecule has 4 nitrogen and oxygen atoms in total. The summed E-state index contributed by atoms with van der Waals surface area (Å²) < 4.78 is 41.4. The van der Waals surface area contributed by atoms with Crippen LogP contribution in [0.25, 0.3) is 10.9 Å². The summed E-state index contributed by atoms with van der Waals surface area (Å²) in [5.41, 5.74) is 3.19. The van der Waals surface area contributed by atoms with E-state index >= 15 is 0 Å². The van der Waals surface area contributed by atoms with Crippen molar-refractivity contribution < 1.29 is 18.0 Å². The summed E-state index contributed by atoms with van der Waals surface area (Å²) in [6, 6.07) is 9.13. The molecule has 2 aromatic carbocycles. The van der Waals surface area contributed by atoms with Crippen molar-refractivity contribution in [2.45, 2.75) is 24.0 Å². The molecule has 0 spiro atoms. The maximum absolute atomic E-state index is 12.7. The Morgan fingerprint density at radius 3 is 2.69 bits per heavy atom. The Morgan fingerprint density at radius 1 is 1.14 bits per heavy atom. The maximum atomic E-state index is 12.7. The van der Waals surface area contributed by atoms with Gasteiger partial charge in [-0.2, -0.15) is 13.2 Å². The Hall–Kier alpha value is -2.03. The van der Waals surface area contributed by atoms with E-state index in [0.717, 1.165) is 26.6 Å². The van der Waals surface area contributed by atoms with Crippen LogP contribution in [0.4, 0.5) is 18.9 Å². The Morgan fingerprint density at radius 2 is 1.93 bits per heavy atom. The highest BCUT2D eigenvalue weighted by Gasteiger charge is 2.43. The van der Waals surface area contributed by atoms with E-state index < -0.39 is 12.1 Å². The van der Waals surface area contributed by atoms with Gasteiger partial charge in [0, 0.05) is 29.6 Å². The van der Waals surface area contributed by atoms with Crippen molar-refractivity contribution in [1.29, 1.82) is 0 Å². The second-order valence-electron chi connectivity index (χ2n) is 6.59. The van der Waals surface area contributed by atoms with Crippen molar-refractivity contribution in [2.75, 3.05) is 11.3 Å². The number of carbonyl (C=O) groups is 1. The second-order valence-corrected chi connectivity index (χ2v) is 8.28. The summed E-state index contributed by atoms with van der Waals surface area (Å²) in [5, 5.41) is 1.76. The fourth-order valence-electron chi connectivity index (χ4n) is 3.32. The van der Waals surface area contributed by atoms with Gasteiger partial charge in [0.05, 0.1) is 21.2 Å². The number of hydrogen-bond donors (Lipinski definition) is 2. The number of alkyl halides is 3. The Labute approximate surface area is 178 Å². The largest absolute Gasteiger partial charge is 0.471 e. The Bertz CT molecular complexity index is 1100. The van der Waals surface area contributed by atoms with Crippen LogP contribution >= 0.6 is 35.1 Å².